The topological polar surface area (TPSA) is 47.3 Å². The molecule has 96 valence electrons. The van der Waals surface area contributed by atoms with Gasteiger partial charge in [-0.3, -0.25) is 0 Å². The molecule has 1 rings (SSSR count). The molecular weight excluding hydrogens is 219 g/mol. The lowest BCUT2D eigenvalue weighted by atomic mass is 10.0. The van der Waals surface area contributed by atoms with Gasteiger partial charge < -0.3 is 15.8 Å². The zero-order chi connectivity index (χ0) is 12.9. The summed E-state index contributed by atoms with van der Waals surface area (Å²) in [5, 5.41) is 3.16. The third-order valence-electron chi connectivity index (χ3n) is 2.48. The number of benzene rings is 1. The standard InChI is InChI=1S/C13H21FN2O/c1-13(2,15)7-4-8-16-10-5-6-12(17-3)11(14)9-10/h5-6,9,16H,4,7-8,15H2,1-3H3. The van der Waals surface area contributed by atoms with Crippen molar-refractivity contribution in [2.75, 3.05) is 19.0 Å². The van der Waals surface area contributed by atoms with Gasteiger partial charge in [0.25, 0.3) is 0 Å². The number of hydrogen-bond acceptors (Lipinski definition) is 3. The molecule has 0 fully saturated rings. The second kappa shape index (κ2) is 5.87. The van der Waals surface area contributed by atoms with Gasteiger partial charge in [0.05, 0.1) is 7.11 Å². The van der Waals surface area contributed by atoms with Gasteiger partial charge in [-0.15, -0.1) is 0 Å². The third-order valence-corrected chi connectivity index (χ3v) is 2.48. The molecule has 17 heavy (non-hydrogen) atoms. The maximum atomic E-state index is 13.4. The summed E-state index contributed by atoms with van der Waals surface area (Å²) in [4.78, 5) is 0. The van der Waals surface area contributed by atoms with Crippen molar-refractivity contribution < 1.29 is 9.13 Å². The van der Waals surface area contributed by atoms with E-state index in [1.165, 1.54) is 13.2 Å². The maximum Gasteiger partial charge on any atom is 0.167 e. The van der Waals surface area contributed by atoms with E-state index < -0.39 is 0 Å². The molecule has 0 aliphatic rings. The van der Waals surface area contributed by atoms with E-state index in [1.54, 1.807) is 12.1 Å². The molecule has 0 unspecified atom stereocenters. The molecule has 3 nitrogen and oxygen atoms in total. The second-order valence-corrected chi connectivity index (χ2v) is 4.87. The first-order valence-electron chi connectivity index (χ1n) is 5.79. The predicted molar refractivity (Wildman–Crippen MR) is 68.9 cm³/mol. The Morgan fingerprint density at radius 3 is 2.65 bits per heavy atom. The maximum absolute atomic E-state index is 13.4. The van der Waals surface area contributed by atoms with Gasteiger partial charge in [0.1, 0.15) is 0 Å². The van der Waals surface area contributed by atoms with Crippen molar-refractivity contribution in [1.82, 2.24) is 0 Å². The Morgan fingerprint density at radius 2 is 2.12 bits per heavy atom. The summed E-state index contributed by atoms with van der Waals surface area (Å²) < 4.78 is 18.2. The Hall–Kier alpha value is -1.29. The smallest absolute Gasteiger partial charge is 0.167 e. The summed E-state index contributed by atoms with van der Waals surface area (Å²) in [6, 6.07) is 4.85. The molecule has 0 spiro atoms. The van der Waals surface area contributed by atoms with Crippen LogP contribution in [0.25, 0.3) is 0 Å². The average Bonchev–Trinajstić information content (AvgIpc) is 2.23. The SMILES string of the molecule is COc1ccc(NCCCC(C)(C)N)cc1F. The number of ether oxygens (including phenoxy) is 1. The van der Waals surface area contributed by atoms with Crippen molar-refractivity contribution in [3.05, 3.63) is 24.0 Å². The average molecular weight is 240 g/mol. The number of methoxy groups -OCH3 is 1. The summed E-state index contributed by atoms with van der Waals surface area (Å²) in [5.74, 6) is -0.0877. The van der Waals surface area contributed by atoms with Gasteiger partial charge in [-0.1, -0.05) is 0 Å². The zero-order valence-corrected chi connectivity index (χ0v) is 10.7. The minimum Gasteiger partial charge on any atom is -0.494 e. The molecule has 0 radical (unpaired) electrons. The van der Waals surface area contributed by atoms with E-state index in [0.717, 1.165) is 25.1 Å². The molecule has 3 N–H and O–H groups in total. The number of anilines is 1. The number of nitrogens with two attached hydrogens (primary N) is 1. The molecule has 0 aliphatic carbocycles. The fourth-order valence-corrected chi connectivity index (χ4v) is 1.55. The van der Waals surface area contributed by atoms with Gasteiger partial charge in [-0.2, -0.15) is 0 Å². The van der Waals surface area contributed by atoms with Crippen LogP contribution in [-0.2, 0) is 0 Å². The highest BCUT2D eigenvalue weighted by Crippen LogP contribution is 2.20. The summed E-state index contributed by atoms with van der Waals surface area (Å²) in [6.45, 7) is 4.78. The van der Waals surface area contributed by atoms with E-state index in [9.17, 15) is 4.39 Å². The number of nitrogens with one attached hydrogen (secondary N) is 1. The van der Waals surface area contributed by atoms with E-state index >= 15 is 0 Å². The molecule has 0 aromatic heterocycles. The molecule has 0 amide bonds. The molecule has 0 aliphatic heterocycles. The Bertz CT molecular complexity index is 361. The summed E-state index contributed by atoms with van der Waals surface area (Å²) >= 11 is 0. The lowest BCUT2D eigenvalue weighted by Crippen LogP contribution is -2.32. The quantitative estimate of drug-likeness (QED) is 0.752. The number of halogens is 1. The highest BCUT2D eigenvalue weighted by atomic mass is 19.1. The van der Waals surface area contributed by atoms with Gasteiger partial charge in [0, 0.05) is 23.8 Å². The Balaban J connectivity index is 2.40. The van der Waals surface area contributed by atoms with E-state index in [-0.39, 0.29) is 17.1 Å². The molecule has 0 atom stereocenters. The molecule has 1 aromatic rings. The van der Waals surface area contributed by atoms with E-state index in [2.05, 4.69) is 5.32 Å². The monoisotopic (exact) mass is 240 g/mol. The molecule has 1 aromatic carbocycles. The van der Waals surface area contributed by atoms with Crippen LogP contribution >= 0.6 is 0 Å². The van der Waals surface area contributed by atoms with Crippen LogP contribution in [0, 0.1) is 5.82 Å². The highest BCUT2D eigenvalue weighted by Gasteiger charge is 2.09. The Kier molecular flexibility index (Phi) is 4.75. The van der Waals surface area contributed by atoms with Crippen LogP contribution in [0.2, 0.25) is 0 Å². The largest absolute Gasteiger partial charge is 0.494 e. The van der Waals surface area contributed by atoms with E-state index in [4.69, 9.17) is 10.5 Å². The van der Waals surface area contributed by atoms with Crippen molar-refractivity contribution in [3.8, 4) is 5.75 Å². The van der Waals surface area contributed by atoms with Crippen LogP contribution in [-0.4, -0.2) is 19.2 Å². The first kappa shape index (κ1) is 13.8. The minimum absolute atomic E-state index is 0.146. The van der Waals surface area contributed by atoms with Gasteiger partial charge in [-0.25, -0.2) is 4.39 Å². The molecule has 4 heteroatoms. The molecular formula is C13H21FN2O. The normalized spacial score (nSPS) is 11.4. The van der Waals surface area contributed by atoms with Crippen molar-refractivity contribution in [2.45, 2.75) is 32.2 Å². The second-order valence-electron chi connectivity index (χ2n) is 4.87. The lowest BCUT2D eigenvalue weighted by molar-refractivity contribution is 0.386. The van der Waals surface area contributed by atoms with Crippen molar-refractivity contribution in [3.63, 3.8) is 0 Å². The fourth-order valence-electron chi connectivity index (χ4n) is 1.55. The van der Waals surface area contributed by atoms with Crippen molar-refractivity contribution >= 4 is 5.69 Å². The highest BCUT2D eigenvalue weighted by molar-refractivity contribution is 5.47. The van der Waals surface area contributed by atoms with Gasteiger partial charge in [0.2, 0.25) is 0 Å². The van der Waals surface area contributed by atoms with E-state index in [1.807, 2.05) is 13.8 Å². The predicted octanol–water partition coefficient (Wildman–Crippen LogP) is 2.76. The van der Waals surface area contributed by atoms with Crippen LogP contribution in [0.5, 0.6) is 5.75 Å². The van der Waals surface area contributed by atoms with Crippen LogP contribution in [0.3, 0.4) is 0 Å². The van der Waals surface area contributed by atoms with E-state index in [0.29, 0.717) is 0 Å². The number of hydrogen-bond donors (Lipinski definition) is 2. The Morgan fingerprint density at radius 1 is 1.41 bits per heavy atom. The number of rotatable bonds is 6. The van der Waals surface area contributed by atoms with Crippen LogP contribution in [0.1, 0.15) is 26.7 Å². The first-order valence-corrected chi connectivity index (χ1v) is 5.79. The Labute approximate surface area is 102 Å². The summed E-state index contributed by atoms with van der Waals surface area (Å²) in [7, 11) is 1.45. The van der Waals surface area contributed by atoms with Crippen molar-refractivity contribution in [2.24, 2.45) is 5.73 Å². The van der Waals surface area contributed by atoms with Gasteiger partial charge >= 0.3 is 0 Å². The zero-order valence-electron chi connectivity index (χ0n) is 10.7. The third kappa shape index (κ3) is 5.04. The summed E-state index contributed by atoms with van der Waals surface area (Å²) in [5.41, 5.74) is 6.49. The minimum atomic E-state index is -0.350. The fraction of sp³-hybridized carbons (Fsp3) is 0.538. The molecule has 0 saturated carbocycles. The van der Waals surface area contributed by atoms with Gasteiger partial charge in [0.15, 0.2) is 11.6 Å². The van der Waals surface area contributed by atoms with Crippen LogP contribution in [0.15, 0.2) is 18.2 Å². The van der Waals surface area contributed by atoms with Crippen LogP contribution in [0.4, 0.5) is 10.1 Å². The molecule has 0 heterocycles. The summed E-state index contributed by atoms with van der Waals surface area (Å²) in [6.07, 6.45) is 1.88. The molecule has 0 saturated heterocycles. The van der Waals surface area contributed by atoms with Gasteiger partial charge in [-0.05, 0) is 38.8 Å². The first-order chi connectivity index (χ1) is 7.92. The lowest BCUT2D eigenvalue weighted by Gasteiger charge is -2.18. The van der Waals surface area contributed by atoms with Crippen LogP contribution < -0.4 is 15.8 Å². The van der Waals surface area contributed by atoms with Crippen molar-refractivity contribution in [1.29, 1.82) is 0 Å². The molecule has 0 bridgehead atoms.